The van der Waals surface area contributed by atoms with Gasteiger partial charge in [0.05, 0.1) is 0 Å². The largest absolute Gasteiger partial charge is 0.477 e. The zero-order valence-electron chi connectivity index (χ0n) is 24.1. The predicted molar refractivity (Wildman–Crippen MR) is 158 cm³/mol. The number of carbonyl (C=O) groups excluding carboxylic acids is 6. The second-order valence-electron chi connectivity index (χ2n) is 10.4. The van der Waals surface area contributed by atoms with E-state index in [1.165, 1.54) is 61.6 Å². The first-order valence-corrected chi connectivity index (χ1v) is 15.7. The van der Waals surface area contributed by atoms with Crippen LogP contribution in [0.25, 0.3) is 0 Å². The summed E-state index contributed by atoms with van der Waals surface area (Å²) in [5.41, 5.74) is -0.0682. The molecule has 4 aliphatic heterocycles. The summed E-state index contributed by atoms with van der Waals surface area (Å²) >= 11 is 2.39. The van der Waals surface area contributed by atoms with Crippen LogP contribution < -0.4 is 10.6 Å². The molecule has 2 fully saturated rings. The number of β-lactam (4-membered cyclic amide) rings is 2. The third-order valence-corrected chi connectivity index (χ3v) is 10.0. The van der Waals surface area contributed by atoms with Crippen molar-refractivity contribution in [1.29, 1.82) is 0 Å². The van der Waals surface area contributed by atoms with E-state index < -0.39 is 70.3 Å². The highest BCUT2D eigenvalue weighted by atomic mass is 32.2. The molecule has 0 spiro atoms. The molecule has 4 N–H and O–H groups in total. The Morgan fingerprint density at radius 2 is 1.15 bits per heavy atom. The number of aliphatic carboxylic acids is 2. The minimum absolute atomic E-state index is 0.0177. The monoisotopic (exact) mass is 674 g/mol. The number of hydrogen-bond donors (Lipinski definition) is 4. The van der Waals surface area contributed by atoms with Crippen molar-refractivity contribution in [2.24, 2.45) is 0 Å². The SMILES string of the molecule is CC(=O)OCC1=C(C(=O)O)N2C(=O)[C@@H](NC(=O)c3cccc(C(=O)N[C@@H]4C(=O)N5C(C(=O)O)=C(COC(C)=O)CS[C@H]45)c3)[C@H]2SC1. The van der Waals surface area contributed by atoms with E-state index in [0.717, 1.165) is 9.80 Å². The fraction of sp³-hybridized carbons (Fsp3) is 0.357. The van der Waals surface area contributed by atoms with Gasteiger partial charge < -0.3 is 30.3 Å². The summed E-state index contributed by atoms with van der Waals surface area (Å²) in [4.78, 5) is 100. The Morgan fingerprint density at radius 3 is 1.50 bits per heavy atom. The third kappa shape index (κ3) is 6.04. The molecule has 0 saturated carbocycles. The third-order valence-electron chi connectivity index (χ3n) is 7.36. The van der Waals surface area contributed by atoms with Crippen molar-refractivity contribution in [3.8, 4) is 0 Å². The lowest BCUT2D eigenvalue weighted by molar-refractivity contribution is -0.149. The summed E-state index contributed by atoms with van der Waals surface area (Å²) in [6, 6.07) is 3.39. The highest BCUT2D eigenvalue weighted by molar-refractivity contribution is 8.00. The Bertz CT molecular complexity index is 1540. The van der Waals surface area contributed by atoms with Crippen molar-refractivity contribution >= 4 is 71.0 Å². The topological polar surface area (TPSA) is 226 Å². The number of esters is 2. The number of fused-ring (bicyclic) bond motifs is 2. The van der Waals surface area contributed by atoms with Crippen LogP contribution in [0.3, 0.4) is 0 Å². The number of rotatable bonds is 10. The number of nitrogens with zero attached hydrogens (tertiary/aromatic N) is 2. The van der Waals surface area contributed by atoms with E-state index in [9.17, 15) is 48.6 Å². The molecule has 5 rings (SSSR count). The number of nitrogens with one attached hydrogen (secondary N) is 2. The van der Waals surface area contributed by atoms with Gasteiger partial charge in [-0.3, -0.25) is 38.6 Å². The van der Waals surface area contributed by atoms with Gasteiger partial charge in [0.25, 0.3) is 23.6 Å². The maximum absolute atomic E-state index is 13.1. The van der Waals surface area contributed by atoms with Crippen LogP contribution in [-0.2, 0) is 38.2 Å². The molecule has 4 heterocycles. The molecule has 0 radical (unpaired) electrons. The smallest absolute Gasteiger partial charge is 0.352 e. The molecule has 1 aromatic rings. The molecular weight excluding hydrogens is 648 g/mol. The van der Waals surface area contributed by atoms with Crippen molar-refractivity contribution in [2.75, 3.05) is 24.7 Å². The zero-order chi connectivity index (χ0) is 33.4. The normalized spacial score (nSPS) is 23.3. The van der Waals surface area contributed by atoms with E-state index in [2.05, 4.69) is 10.6 Å². The van der Waals surface area contributed by atoms with Crippen molar-refractivity contribution < 1.29 is 58.0 Å². The molecule has 0 unspecified atom stereocenters. The summed E-state index contributed by atoms with van der Waals surface area (Å²) in [6.07, 6.45) is 0. The molecule has 16 nitrogen and oxygen atoms in total. The summed E-state index contributed by atoms with van der Waals surface area (Å²) in [7, 11) is 0. The lowest BCUT2D eigenvalue weighted by Crippen LogP contribution is -2.70. The number of carboxylic acids is 2. The Balaban J connectivity index is 1.23. The van der Waals surface area contributed by atoms with Gasteiger partial charge in [0.2, 0.25) is 0 Å². The van der Waals surface area contributed by atoms with Crippen LogP contribution in [0.5, 0.6) is 0 Å². The van der Waals surface area contributed by atoms with Gasteiger partial charge in [-0.2, -0.15) is 0 Å². The molecule has 2 saturated heterocycles. The minimum Gasteiger partial charge on any atom is -0.477 e. The quantitative estimate of drug-likeness (QED) is 0.182. The second-order valence-corrected chi connectivity index (χ2v) is 12.6. The van der Waals surface area contributed by atoms with Crippen molar-refractivity contribution in [3.63, 3.8) is 0 Å². The Labute approximate surface area is 268 Å². The van der Waals surface area contributed by atoms with Crippen LogP contribution in [0.4, 0.5) is 0 Å². The van der Waals surface area contributed by atoms with Crippen LogP contribution in [-0.4, -0.2) is 115 Å². The van der Waals surface area contributed by atoms with Gasteiger partial charge in [-0.25, -0.2) is 9.59 Å². The van der Waals surface area contributed by atoms with Crippen molar-refractivity contribution in [1.82, 2.24) is 20.4 Å². The summed E-state index contributed by atoms with van der Waals surface area (Å²) < 4.78 is 9.82. The Kier molecular flexibility index (Phi) is 9.11. The number of carbonyl (C=O) groups is 8. The first kappa shape index (κ1) is 32.6. The molecule has 4 aliphatic rings. The first-order chi connectivity index (χ1) is 21.8. The van der Waals surface area contributed by atoms with Crippen molar-refractivity contribution in [3.05, 3.63) is 57.9 Å². The van der Waals surface area contributed by atoms with E-state index in [1.54, 1.807) is 0 Å². The van der Waals surface area contributed by atoms with Crippen molar-refractivity contribution in [2.45, 2.75) is 36.7 Å². The molecule has 242 valence electrons. The first-order valence-electron chi connectivity index (χ1n) is 13.6. The number of thioether (sulfide) groups is 2. The molecule has 4 atom stereocenters. The number of amides is 4. The minimum atomic E-state index is -1.37. The number of benzene rings is 1. The molecule has 0 aliphatic carbocycles. The van der Waals surface area contributed by atoms with Gasteiger partial charge in [-0.05, 0) is 18.2 Å². The van der Waals surface area contributed by atoms with E-state index in [4.69, 9.17) is 9.47 Å². The van der Waals surface area contributed by atoms with Gasteiger partial charge in [-0.1, -0.05) is 6.07 Å². The maximum atomic E-state index is 13.1. The lowest BCUT2D eigenvalue weighted by Gasteiger charge is -2.49. The van der Waals surface area contributed by atoms with E-state index in [-0.39, 0.29) is 58.4 Å². The van der Waals surface area contributed by atoms with Crippen LogP contribution in [0.1, 0.15) is 34.6 Å². The molecule has 46 heavy (non-hydrogen) atoms. The standard InChI is InChI=1S/C28H26N4O12S2/c1-11(33)43-7-15-9-45-25-17(23(37)31(25)19(15)27(39)40)29-21(35)13-4-3-5-14(6-13)22(36)30-18-24(38)32-20(28(41)42)16(8-44-12(2)34)10-46-26(18)32/h3-6,17-18,25-26H,7-10H2,1-2H3,(H,29,35)(H,30,36)(H,39,40)(H,41,42)/t17-,18-,25-,26-/m1/s1. The molecule has 4 amide bonds. The van der Waals surface area contributed by atoms with Crippen LogP contribution >= 0.6 is 23.5 Å². The fourth-order valence-corrected chi connectivity index (χ4v) is 7.87. The number of carboxylic acid groups (broad SMARTS) is 2. The summed E-state index contributed by atoms with van der Waals surface area (Å²) in [6.45, 7) is 1.78. The maximum Gasteiger partial charge on any atom is 0.352 e. The predicted octanol–water partition coefficient (Wildman–Crippen LogP) is -0.483. The average molecular weight is 675 g/mol. The highest BCUT2D eigenvalue weighted by Gasteiger charge is 2.55. The Hall–Kier alpha value is -4.84. The van der Waals surface area contributed by atoms with Crippen LogP contribution in [0.2, 0.25) is 0 Å². The van der Waals surface area contributed by atoms with E-state index >= 15 is 0 Å². The molecule has 0 bridgehead atoms. The zero-order valence-corrected chi connectivity index (χ0v) is 25.8. The highest BCUT2D eigenvalue weighted by Crippen LogP contribution is 2.41. The molecular formula is C28H26N4O12S2. The van der Waals surface area contributed by atoms with Gasteiger partial charge in [0, 0.05) is 47.6 Å². The van der Waals surface area contributed by atoms with Gasteiger partial charge in [0.15, 0.2) is 0 Å². The lowest BCUT2D eigenvalue weighted by atomic mass is 10.0. The van der Waals surface area contributed by atoms with Crippen LogP contribution in [0.15, 0.2) is 46.8 Å². The van der Waals surface area contributed by atoms with Gasteiger partial charge in [-0.15, -0.1) is 23.5 Å². The second kappa shape index (κ2) is 12.9. The Morgan fingerprint density at radius 1 is 0.761 bits per heavy atom. The molecule has 1 aromatic carbocycles. The molecule has 0 aromatic heterocycles. The van der Waals surface area contributed by atoms with Crippen LogP contribution in [0, 0.1) is 0 Å². The summed E-state index contributed by atoms with van der Waals surface area (Å²) in [5, 5.41) is 23.1. The number of ether oxygens (including phenoxy) is 2. The van der Waals surface area contributed by atoms with Gasteiger partial charge in [0.1, 0.15) is 47.4 Å². The number of hydrogen-bond acceptors (Lipinski definition) is 12. The molecule has 18 heteroatoms. The van der Waals surface area contributed by atoms with Gasteiger partial charge >= 0.3 is 23.9 Å². The summed E-state index contributed by atoms with van der Waals surface area (Å²) in [5.74, 6) is -6.39. The van der Waals surface area contributed by atoms with E-state index in [0.29, 0.717) is 0 Å². The average Bonchev–Trinajstić information content (AvgIpc) is 3.02. The fourth-order valence-electron chi connectivity index (χ4n) is 5.22. The van der Waals surface area contributed by atoms with E-state index in [1.807, 2.05) is 0 Å².